The second kappa shape index (κ2) is 7.76. The zero-order valence-corrected chi connectivity index (χ0v) is 8.99. The lowest BCUT2D eigenvalue weighted by molar-refractivity contribution is -0.139. The van der Waals surface area contributed by atoms with Crippen LogP contribution in [-0.2, 0) is 4.79 Å². The molecule has 0 amide bonds. The molecule has 0 rings (SSSR count). The normalized spacial score (nSPS) is 15.1. The molecule has 0 heterocycles. The van der Waals surface area contributed by atoms with Crippen LogP contribution in [0.2, 0.25) is 0 Å². The second-order valence-corrected chi connectivity index (χ2v) is 3.55. The van der Waals surface area contributed by atoms with Gasteiger partial charge in [-0.2, -0.15) is 0 Å². The number of aliphatic hydroxyl groups is 1. The van der Waals surface area contributed by atoms with Crippen molar-refractivity contribution in [3.8, 4) is 0 Å². The highest BCUT2D eigenvalue weighted by Gasteiger charge is 2.11. The van der Waals surface area contributed by atoms with E-state index >= 15 is 0 Å². The summed E-state index contributed by atoms with van der Waals surface area (Å²) in [5, 5.41) is 20.9. The van der Waals surface area contributed by atoms with Crippen molar-refractivity contribution in [1.82, 2.24) is 5.32 Å². The highest BCUT2D eigenvalue weighted by atomic mass is 16.4. The molecular formula is C10H21NO3. The van der Waals surface area contributed by atoms with Crippen molar-refractivity contribution in [3.05, 3.63) is 0 Å². The van der Waals surface area contributed by atoms with Gasteiger partial charge in [0.25, 0.3) is 0 Å². The Labute approximate surface area is 85.3 Å². The van der Waals surface area contributed by atoms with Crippen LogP contribution in [0.4, 0.5) is 0 Å². The van der Waals surface area contributed by atoms with E-state index in [-0.39, 0.29) is 6.42 Å². The van der Waals surface area contributed by atoms with Gasteiger partial charge < -0.3 is 15.5 Å². The number of carboxylic acids is 1. The van der Waals surface area contributed by atoms with Gasteiger partial charge in [-0.1, -0.05) is 20.3 Å². The van der Waals surface area contributed by atoms with Crippen LogP contribution < -0.4 is 5.32 Å². The third-order valence-electron chi connectivity index (χ3n) is 2.18. The Kier molecular flexibility index (Phi) is 7.42. The number of hydrogen-bond donors (Lipinski definition) is 3. The predicted octanol–water partition coefficient (Wildman–Crippen LogP) is 0.990. The van der Waals surface area contributed by atoms with E-state index in [9.17, 15) is 9.90 Å². The number of nitrogens with one attached hydrogen (secondary N) is 1. The Bertz CT molecular complexity index is 161. The number of aliphatic carboxylic acids is 1. The Morgan fingerprint density at radius 3 is 2.50 bits per heavy atom. The molecule has 0 aromatic rings. The van der Waals surface area contributed by atoms with E-state index in [2.05, 4.69) is 19.2 Å². The minimum Gasteiger partial charge on any atom is -0.481 e. The first-order chi connectivity index (χ1) is 6.60. The van der Waals surface area contributed by atoms with E-state index in [1.807, 2.05) is 0 Å². The molecule has 84 valence electrons. The van der Waals surface area contributed by atoms with Gasteiger partial charge in [-0.15, -0.1) is 0 Å². The van der Waals surface area contributed by atoms with Crippen LogP contribution in [0.5, 0.6) is 0 Å². The van der Waals surface area contributed by atoms with Gasteiger partial charge in [-0.25, -0.2) is 0 Å². The van der Waals surface area contributed by atoms with E-state index in [0.717, 1.165) is 19.3 Å². The molecule has 2 atom stereocenters. The first-order valence-electron chi connectivity index (χ1n) is 5.23. The molecule has 0 saturated heterocycles. The topological polar surface area (TPSA) is 69.6 Å². The molecule has 0 radical (unpaired) electrons. The first-order valence-corrected chi connectivity index (χ1v) is 5.23. The third-order valence-corrected chi connectivity index (χ3v) is 2.18. The average Bonchev–Trinajstić information content (AvgIpc) is 2.11. The van der Waals surface area contributed by atoms with E-state index in [4.69, 9.17) is 5.11 Å². The lowest BCUT2D eigenvalue weighted by atomic mass is 10.1. The van der Waals surface area contributed by atoms with E-state index in [0.29, 0.717) is 12.6 Å². The van der Waals surface area contributed by atoms with Crippen LogP contribution in [0.3, 0.4) is 0 Å². The van der Waals surface area contributed by atoms with Crippen molar-refractivity contribution >= 4 is 5.97 Å². The Balaban J connectivity index is 3.61. The maximum absolute atomic E-state index is 10.3. The summed E-state index contributed by atoms with van der Waals surface area (Å²) in [6, 6.07) is 0.392. The average molecular weight is 203 g/mol. The molecule has 0 spiro atoms. The highest BCUT2D eigenvalue weighted by Crippen LogP contribution is 2.01. The van der Waals surface area contributed by atoms with E-state index < -0.39 is 12.1 Å². The maximum Gasteiger partial charge on any atom is 0.306 e. The fraction of sp³-hybridized carbons (Fsp3) is 0.900. The van der Waals surface area contributed by atoms with Gasteiger partial charge in [-0.05, 0) is 12.8 Å². The standard InChI is InChI=1S/C10H21NO3/c1-3-5-8(4-2)11-7-9(12)6-10(13)14/h8-9,11-12H,3-7H2,1-2H3,(H,13,14). The molecule has 4 heteroatoms. The molecule has 0 bridgehead atoms. The van der Waals surface area contributed by atoms with Crippen molar-refractivity contribution in [2.75, 3.05) is 6.54 Å². The molecular weight excluding hydrogens is 182 g/mol. The summed E-state index contributed by atoms with van der Waals surface area (Å²) in [4.78, 5) is 10.3. The summed E-state index contributed by atoms with van der Waals surface area (Å²) in [6.07, 6.45) is 2.21. The van der Waals surface area contributed by atoms with Crippen LogP contribution in [0.1, 0.15) is 39.5 Å². The minimum absolute atomic E-state index is 0.185. The van der Waals surface area contributed by atoms with Crippen molar-refractivity contribution in [2.45, 2.75) is 51.7 Å². The minimum atomic E-state index is -0.956. The van der Waals surface area contributed by atoms with Gasteiger partial charge in [-0.3, -0.25) is 4.79 Å². The van der Waals surface area contributed by atoms with Gasteiger partial charge in [0.15, 0.2) is 0 Å². The fourth-order valence-electron chi connectivity index (χ4n) is 1.38. The lowest BCUT2D eigenvalue weighted by Crippen LogP contribution is -2.36. The molecule has 0 fully saturated rings. The molecule has 3 N–H and O–H groups in total. The van der Waals surface area contributed by atoms with E-state index in [1.54, 1.807) is 0 Å². The zero-order chi connectivity index (χ0) is 11.0. The summed E-state index contributed by atoms with van der Waals surface area (Å²) in [6.45, 7) is 4.56. The van der Waals surface area contributed by atoms with Gasteiger partial charge in [0.05, 0.1) is 12.5 Å². The number of aliphatic hydroxyl groups excluding tert-OH is 1. The molecule has 2 unspecified atom stereocenters. The first kappa shape index (κ1) is 13.4. The second-order valence-electron chi connectivity index (χ2n) is 3.55. The van der Waals surface area contributed by atoms with E-state index in [1.165, 1.54) is 0 Å². The smallest absolute Gasteiger partial charge is 0.306 e. The quantitative estimate of drug-likeness (QED) is 0.550. The SMILES string of the molecule is CCCC(CC)NCC(O)CC(=O)O. The lowest BCUT2D eigenvalue weighted by Gasteiger charge is -2.17. The zero-order valence-electron chi connectivity index (χ0n) is 8.99. The highest BCUT2D eigenvalue weighted by molar-refractivity contribution is 5.67. The van der Waals surface area contributed by atoms with Crippen LogP contribution in [0, 0.1) is 0 Å². The van der Waals surface area contributed by atoms with Crippen molar-refractivity contribution in [2.24, 2.45) is 0 Å². The largest absolute Gasteiger partial charge is 0.481 e. The Morgan fingerprint density at radius 2 is 2.07 bits per heavy atom. The molecule has 0 aliphatic rings. The molecule has 0 aliphatic carbocycles. The molecule has 14 heavy (non-hydrogen) atoms. The molecule has 0 aromatic carbocycles. The predicted molar refractivity (Wildman–Crippen MR) is 55.2 cm³/mol. The summed E-state index contributed by atoms with van der Waals surface area (Å²) in [5.41, 5.74) is 0. The molecule has 4 nitrogen and oxygen atoms in total. The molecule has 0 saturated carbocycles. The summed E-state index contributed by atoms with van der Waals surface area (Å²) < 4.78 is 0. The van der Waals surface area contributed by atoms with Crippen molar-refractivity contribution in [1.29, 1.82) is 0 Å². The Hall–Kier alpha value is -0.610. The van der Waals surface area contributed by atoms with Gasteiger partial charge >= 0.3 is 5.97 Å². The number of carbonyl (C=O) groups is 1. The summed E-state index contributed by atoms with van der Waals surface area (Å²) in [5.74, 6) is -0.956. The van der Waals surface area contributed by atoms with Crippen LogP contribution in [0.15, 0.2) is 0 Å². The third kappa shape index (κ3) is 6.86. The van der Waals surface area contributed by atoms with Gasteiger partial charge in [0.1, 0.15) is 0 Å². The van der Waals surface area contributed by atoms with Crippen molar-refractivity contribution in [3.63, 3.8) is 0 Å². The summed E-state index contributed by atoms with van der Waals surface area (Å²) in [7, 11) is 0. The monoisotopic (exact) mass is 203 g/mol. The molecule has 0 aromatic heterocycles. The molecule has 0 aliphatic heterocycles. The van der Waals surface area contributed by atoms with Gasteiger partial charge in [0, 0.05) is 12.6 Å². The number of hydrogen-bond acceptors (Lipinski definition) is 3. The number of rotatable bonds is 8. The van der Waals surface area contributed by atoms with Gasteiger partial charge in [0.2, 0.25) is 0 Å². The fourth-order valence-corrected chi connectivity index (χ4v) is 1.38. The van der Waals surface area contributed by atoms with Crippen LogP contribution in [-0.4, -0.2) is 34.9 Å². The van der Waals surface area contributed by atoms with Crippen molar-refractivity contribution < 1.29 is 15.0 Å². The Morgan fingerprint density at radius 1 is 1.43 bits per heavy atom. The summed E-state index contributed by atoms with van der Waals surface area (Å²) >= 11 is 0. The van der Waals surface area contributed by atoms with Crippen LogP contribution >= 0.6 is 0 Å². The maximum atomic E-state index is 10.3. The van der Waals surface area contributed by atoms with Crippen LogP contribution in [0.25, 0.3) is 0 Å². The number of carboxylic acid groups (broad SMARTS) is 1.